The molecule has 0 aromatic heterocycles. The molecule has 4 fully saturated rings. The Balaban J connectivity index is 1.36. The topological polar surface area (TPSA) is 123 Å². The smallest absolute Gasteiger partial charge is 0.264 e. The molecule has 5 aliphatic rings. The van der Waals surface area contributed by atoms with Crippen LogP contribution in [0.25, 0.3) is 11.1 Å². The molecule has 2 bridgehead atoms. The van der Waals surface area contributed by atoms with E-state index in [2.05, 4.69) is 10.6 Å². The van der Waals surface area contributed by atoms with Crippen molar-refractivity contribution in [1.29, 1.82) is 5.26 Å². The number of halogens is 3. The van der Waals surface area contributed by atoms with Gasteiger partial charge in [-0.2, -0.15) is 5.26 Å². The quantitative estimate of drug-likeness (QED) is 0.498. The van der Waals surface area contributed by atoms with E-state index in [9.17, 15) is 24.8 Å². The number of aliphatic hydroxyl groups is 1. The highest BCUT2D eigenvalue weighted by molar-refractivity contribution is 6.31. The van der Waals surface area contributed by atoms with Crippen molar-refractivity contribution in [3.8, 4) is 17.2 Å². The van der Waals surface area contributed by atoms with Crippen molar-refractivity contribution < 1.29 is 28.3 Å². The second-order valence-electron chi connectivity index (χ2n) is 11.5. The van der Waals surface area contributed by atoms with Gasteiger partial charge in [0.05, 0.1) is 12.0 Å². The normalized spacial score (nSPS) is 30.0. The van der Waals surface area contributed by atoms with Gasteiger partial charge in [-0.05, 0) is 55.4 Å². The summed E-state index contributed by atoms with van der Waals surface area (Å²) < 4.78 is 30.6. The first-order valence-corrected chi connectivity index (χ1v) is 14.2. The summed E-state index contributed by atoms with van der Waals surface area (Å²) in [4.78, 5) is 41.6. The molecule has 2 aliphatic carbocycles. The average Bonchev–Trinajstić information content (AvgIpc) is 3.21. The summed E-state index contributed by atoms with van der Waals surface area (Å²) in [5.74, 6) is -7.19. The van der Waals surface area contributed by atoms with Crippen LogP contribution in [0.4, 0.5) is 8.78 Å². The molecule has 214 valence electrons. The molecule has 11 heteroatoms. The Morgan fingerprint density at radius 2 is 1.93 bits per heavy atom. The van der Waals surface area contributed by atoms with Gasteiger partial charge in [-0.25, -0.2) is 8.78 Å². The number of carbonyl (C=O) groups is 3. The number of hydrogen-bond acceptors (Lipinski definition) is 5. The number of alkyl halides is 2. The van der Waals surface area contributed by atoms with Crippen LogP contribution in [0, 0.1) is 23.2 Å². The van der Waals surface area contributed by atoms with Crippen molar-refractivity contribution in [2.24, 2.45) is 11.8 Å². The number of piperidine rings is 3. The number of rotatable bonds is 5. The van der Waals surface area contributed by atoms with Gasteiger partial charge >= 0.3 is 0 Å². The highest BCUT2D eigenvalue weighted by Gasteiger charge is 2.63. The van der Waals surface area contributed by atoms with Crippen molar-refractivity contribution in [2.45, 2.75) is 68.2 Å². The fraction of sp³-hybridized carbons (Fsp3) is 0.467. The first-order chi connectivity index (χ1) is 19.6. The van der Waals surface area contributed by atoms with Gasteiger partial charge in [0, 0.05) is 41.1 Å². The number of amides is 3. The van der Waals surface area contributed by atoms with Gasteiger partial charge in [-0.3, -0.25) is 14.4 Å². The molecule has 3 amide bonds. The minimum atomic E-state index is -3.22. The molecule has 1 saturated carbocycles. The lowest BCUT2D eigenvalue weighted by Gasteiger charge is -2.54. The average molecular weight is 583 g/mol. The zero-order valence-electron chi connectivity index (χ0n) is 22.1. The van der Waals surface area contributed by atoms with E-state index in [-0.39, 0.29) is 41.3 Å². The Hall–Kier alpha value is -3.55. The molecule has 3 N–H and O–H groups in total. The predicted molar refractivity (Wildman–Crippen MR) is 144 cm³/mol. The van der Waals surface area contributed by atoms with Crippen molar-refractivity contribution in [3.63, 3.8) is 0 Å². The van der Waals surface area contributed by atoms with E-state index in [0.717, 1.165) is 11.3 Å². The molecule has 6 atom stereocenters. The Morgan fingerprint density at radius 1 is 1.17 bits per heavy atom. The number of nitriles is 1. The first-order valence-electron chi connectivity index (χ1n) is 13.9. The Kier molecular flexibility index (Phi) is 6.78. The van der Waals surface area contributed by atoms with Gasteiger partial charge in [0.2, 0.25) is 11.8 Å². The molecule has 0 radical (unpaired) electrons. The second kappa shape index (κ2) is 10.1. The van der Waals surface area contributed by atoms with Gasteiger partial charge in [-0.1, -0.05) is 41.9 Å². The SMILES string of the molecule is N#C[C@H](C[C@H]1CCCNC1=O)NC(=O)[C@H]1[C@H]2CC[C@H](CC2(F)F)N1C(=O)[C@]1(O)c2ccccc2-c2ccc(Cl)cc21. The number of hydrogen-bond donors (Lipinski definition) is 3. The zero-order chi connectivity index (χ0) is 29.1. The summed E-state index contributed by atoms with van der Waals surface area (Å²) in [6, 6.07) is 9.88. The van der Waals surface area contributed by atoms with Crippen molar-refractivity contribution in [2.75, 3.05) is 6.54 Å². The summed E-state index contributed by atoms with van der Waals surface area (Å²) in [5.41, 5.74) is -0.546. The van der Waals surface area contributed by atoms with Crippen LogP contribution in [-0.2, 0) is 20.0 Å². The Labute approximate surface area is 240 Å². The molecule has 3 saturated heterocycles. The molecule has 2 aromatic rings. The van der Waals surface area contributed by atoms with Gasteiger partial charge in [0.25, 0.3) is 11.8 Å². The Morgan fingerprint density at radius 3 is 2.66 bits per heavy atom. The number of carbonyl (C=O) groups excluding carboxylic acids is 3. The molecule has 2 aromatic carbocycles. The van der Waals surface area contributed by atoms with Gasteiger partial charge in [0.15, 0.2) is 5.60 Å². The van der Waals surface area contributed by atoms with E-state index in [1.165, 1.54) is 6.07 Å². The minimum Gasteiger partial charge on any atom is -0.372 e. The summed E-state index contributed by atoms with van der Waals surface area (Å²) in [5, 5.41) is 27.6. The lowest BCUT2D eigenvalue weighted by molar-refractivity contribution is -0.201. The molecule has 0 spiro atoms. The van der Waals surface area contributed by atoms with Crippen LogP contribution in [0.3, 0.4) is 0 Å². The second-order valence-corrected chi connectivity index (χ2v) is 11.9. The van der Waals surface area contributed by atoms with E-state index in [1.807, 2.05) is 6.07 Å². The van der Waals surface area contributed by atoms with Crippen LogP contribution in [-0.4, -0.2) is 58.3 Å². The monoisotopic (exact) mass is 582 g/mol. The lowest BCUT2D eigenvalue weighted by Crippen LogP contribution is -2.70. The third kappa shape index (κ3) is 4.37. The zero-order valence-corrected chi connectivity index (χ0v) is 22.8. The summed E-state index contributed by atoms with van der Waals surface area (Å²) in [6.45, 7) is 0.538. The molecular weight excluding hydrogens is 554 g/mol. The molecule has 7 rings (SSSR count). The number of benzene rings is 2. The largest absolute Gasteiger partial charge is 0.372 e. The summed E-state index contributed by atoms with van der Waals surface area (Å²) in [7, 11) is 0. The van der Waals surface area contributed by atoms with Gasteiger partial charge < -0.3 is 20.6 Å². The molecule has 41 heavy (non-hydrogen) atoms. The van der Waals surface area contributed by atoms with E-state index >= 15 is 8.78 Å². The maximum atomic E-state index is 15.3. The standard InChI is InChI=1S/C30H29ClF2N4O4/c31-17-7-9-21-20-5-1-2-6-22(20)30(41,24(21)13-17)28(40)37-19-8-10-23(29(32,33)14-19)25(37)27(39)36-18(15-34)12-16-4-3-11-35-26(16)38/h1-2,5-7,9,13,16,18-19,23,25,41H,3-4,8,10-12,14H2,(H,35,38)(H,36,39)/t16-,18+,19-,23-,25-,30+/m1/s1. The predicted octanol–water partition coefficient (Wildman–Crippen LogP) is 3.50. The maximum Gasteiger partial charge on any atom is 0.264 e. The molecule has 3 heterocycles. The van der Waals surface area contributed by atoms with Crippen LogP contribution >= 0.6 is 11.6 Å². The fourth-order valence-corrected chi connectivity index (χ4v) is 7.36. The van der Waals surface area contributed by atoms with Crippen LogP contribution in [0.2, 0.25) is 5.02 Å². The lowest BCUT2D eigenvalue weighted by atomic mass is 9.70. The van der Waals surface area contributed by atoms with Crippen LogP contribution in [0.15, 0.2) is 42.5 Å². The fourth-order valence-electron chi connectivity index (χ4n) is 7.19. The minimum absolute atomic E-state index is 0.0131. The molecule has 0 unspecified atom stereocenters. The molecule has 3 aliphatic heterocycles. The first kappa shape index (κ1) is 27.6. The maximum absolute atomic E-state index is 15.3. The van der Waals surface area contributed by atoms with E-state index in [0.29, 0.717) is 24.1 Å². The Bertz CT molecular complexity index is 1480. The third-order valence-electron chi connectivity index (χ3n) is 9.12. The van der Waals surface area contributed by atoms with Gasteiger partial charge in [0.1, 0.15) is 12.1 Å². The van der Waals surface area contributed by atoms with Crippen molar-refractivity contribution in [3.05, 3.63) is 58.6 Å². The van der Waals surface area contributed by atoms with E-state index in [4.69, 9.17) is 11.6 Å². The van der Waals surface area contributed by atoms with Gasteiger partial charge in [-0.15, -0.1) is 0 Å². The number of nitrogens with zero attached hydrogens (tertiary/aromatic N) is 2. The highest BCUT2D eigenvalue weighted by Crippen LogP contribution is 2.54. The van der Waals surface area contributed by atoms with Crippen LogP contribution in [0.1, 0.15) is 49.7 Å². The van der Waals surface area contributed by atoms with Crippen LogP contribution in [0.5, 0.6) is 0 Å². The number of nitrogens with one attached hydrogen (secondary N) is 2. The molecule has 8 nitrogen and oxygen atoms in total. The van der Waals surface area contributed by atoms with Crippen LogP contribution < -0.4 is 10.6 Å². The summed E-state index contributed by atoms with van der Waals surface area (Å²) >= 11 is 6.27. The van der Waals surface area contributed by atoms with E-state index < -0.39 is 59.7 Å². The number of fused-ring (bicyclic) bond motifs is 6. The van der Waals surface area contributed by atoms with Crippen molar-refractivity contribution in [1.82, 2.24) is 15.5 Å². The molecular formula is C30H29ClF2N4O4. The van der Waals surface area contributed by atoms with Crippen molar-refractivity contribution >= 4 is 29.3 Å². The van der Waals surface area contributed by atoms with E-state index in [1.54, 1.807) is 36.4 Å². The highest BCUT2D eigenvalue weighted by atomic mass is 35.5. The summed E-state index contributed by atoms with van der Waals surface area (Å²) in [6.07, 6.45) is 0.943. The third-order valence-corrected chi connectivity index (χ3v) is 9.35.